The van der Waals surface area contributed by atoms with E-state index >= 15 is 0 Å². The molecule has 1 saturated heterocycles. The van der Waals surface area contributed by atoms with Crippen molar-refractivity contribution in [2.45, 2.75) is 20.3 Å². The van der Waals surface area contributed by atoms with Crippen molar-refractivity contribution in [2.75, 3.05) is 39.4 Å². The molecule has 2 atom stereocenters. The number of nitrogens with zero attached hydrogens (tertiary/aromatic N) is 1. The lowest BCUT2D eigenvalue weighted by molar-refractivity contribution is -0.119. The summed E-state index contributed by atoms with van der Waals surface area (Å²) in [4.78, 5) is 25.5. The number of primary amides is 1. The second-order valence-electron chi connectivity index (χ2n) is 8.49. The van der Waals surface area contributed by atoms with Crippen molar-refractivity contribution in [1.29, 1.82) is 0 Å². The number of rotatable bonds is 11. The highest BCUT2D eigenvalue weighted by molar-refractivity contribution is 5.94. The second-order valence-corrected chi connectivity index (χ2v) is 8.49. The first-order valence-electron chi connectivity index (χ1n) is 11.1. The number of ether oxygens (including phenoxy) is 2. The highest BCUT2D eigenvalue weighted by Crippen LogP contribution is 2.21. The van der Waals surface area contributed by atoms with E-state index in [9.17, 15) is 9.59 Å². The molecule has 2 aromatic rings. The molecule has 0 saturated carbocycles. The summed E-state index contributed by atoms with van der Waals surface area (Å²) < 4.78 is 11.1. The number of hydrogen-bond donors (Lipinski definition) is 2. The van der Waals surface area contributed by atoms with Crippen LogP contribution in [-0.4, -0.2) is 56.1 Å². The van der Waals surface area contributed by atoms with Crippen molar-refractivity contribution < 1.29 is 19.1 Å². The Morgan fingerprint density at radius 3 is 2.19 bits per heavy atom. The third-order valence-corrected chi connectivity index (χ3v) is 5.86. The minimum atomic E-state index is -0.544. The van der Waals surface area contributed by atoms with Crippen LogP contribution in [0.3, 0.4) is 0 Å². The van der Waals surface area contributed by atoms with Gasteiger partial charge in [-0.2, -0.15) is 0 Å². The molecule has 0 unspecified atom stereocenters. The van der Waals surface area contributed by atoms with E-state index in [-0.39, 0.29) is 12.5 Å². The van der Waals surface area contributed by atoms with Crippen LogP contribution in [-0.2, 0) is 11.2 Å². The predicted octanol–water partition coefficient (Wildman–Crippen LogP) is 2.49. The van der Waals surface area contributed by atoms with Gasteiger partial charge in [-0.3, -0.25) is 14.5 Å². The maximum absolute atomic E-state index is 12.3. The fraction of sp³-hybridized carbons (Fsp3) is 0.440. The molecule has 2 aromatic carbocycles. The van der Waals surface area contributed by atoms with Gasteiger partial charge >= 0.3 is 0 Å². The average Bonchev–Trinajstić information content (AvgIpc) is 3.10. The Morgan fingerprint density at radius 1 is 0.969 bits per heavy atom. The maximum Gasteiger partial charge on any atom is 0.255 e. The minimum Gasteiger partial charge on any atom is -0.492 e. The van der Waals surface area contributed by atoms with Crippen molar-refractivity contribution in [3.63, 3.8) is 0 Å². The van der Waals surface area contributed by atoms with Gasteiger partial charge in [0.1, 0.15) is 18.1 Å². The molecule has 3 N–H and O–H groups in total. The Labute approximate surface area is 189 Å². The lowest BCUT2D eigenvalue weighted by atomic mass is 10.0. The van der Waals surface area contributed by atoms with E-state index in [4.69, 9.17) is 15.2 Å². The summed E-state index contributed by atoms with van der Waals surface area (Å²) in [5.74, 6) is 2.19. The summed E-state index contributed by atoms with van der Waals surface area (Å²) in [6.45, 7) is 8.93. The number of nitrogens with one attached hydrogen (secondary N) is 1. The number of hydrogen-bond acceptors (Lipinski definition) is 5. The zero-order valence-corrected chi connectivity index (χ0v) is 18.9. The van der Waals surface area contributed by atoms with Crippen molar-refractivity contribution >= 4 is 11.8 Å². The third-order valence-electron chi connectivity index (χ3n) is 5.86. The van der Waals surface area contributed by atoms with E-state index in [0.29, 0.717) is 24.5 Å². The SMILES string of the molecule is C[C@H]1CN(CCOc2ccc(CCNC(=O)c3ccc(OCC(N)=O)cc3)cc2)C[C@@H]1C. The smallest absolute Gasteiger partial charge is 0.255 e. The normalized spacial score (nSPS) is 18.3. The molecule has 0 aromatic heterocycles. The molecule has 3 rings (SSSR count). The first-order valence-corrected chi connectivity index (χ1v) is 11.1. The van der Waals surface area contributed by atoms with Gasteiger partial charge in [-0.15, -0.1) is 0 Å². The average molecular weight is 440 g/mol. The minimum absolute atomic E-state index is 0.156. The quantitative estimate of drug-likeness (QED) is 0.561. The van der Waals surface area contributed by atoms with Crippen molar-refractivity contribution in [2.24, 2.45) is 17.6 Å². The summed E-state index contributed by atoms with van der Waals surface area (Å²) >= 11 is 0. The van der Waals surface area contributed by atoms with Crippen LogP contribution >= 0.6 is 0 Å². The molecule has 0 radical (unpaired) electrons. The van der Waals surface area contributed by atoms with Gasteiger partial charge in [0.2, 0.25) is 0 Å². The zero-order valence-electron chi connectivity index (χ0n) is 18.9. The predicted molar refractivity (Wildman–Crippen MR) is 124 cm³/mol. The number of carbonyl (C=O) groups excluding carboxylic acids is 2. The van der Waals surface area contributed by atoms with Crippen LogP contribution in [0.25, 0.3) is 0 Å². The largest absolute Gasteiger partial charge is 0.492 e. The molecule has 1 aliphatic rings. The van der Waals surface area contributed by atoms with Gasteiger partial charge < -0.3 is 20.5 Å². The maximum atomic E-state index is 12.3. The van der Waals surface area contributed by atoms with Gasteiger partial charge in [-0.05, 0) is 60.2 Å². The van der Waals surface area contributed by atoms with E-state index in [1.54, 1.807) is 24.3 Å². The van der Waals surface area contributed by atoms with E-state index in [1.807, 2.05) is 24.3 Å². The van der Waals surface area contributed by atoms with Gasteiger partial charge in [0.15, 0.2) is 6.61 Å². The number of amides is 2. The van der Waals surface area contributed by atoms with Crippen molar-refractivity contribution in [1.82, 2.24) is 10.2 Å². The molecular formula is C25H33N3O4. The summed E-state index contributed by atoms with van der Waals surface area (Å²) in [6, 6.07) is 14.6. The van der Waals surface area contributed by atoms with Crippen LogP contribution in [0.2, 0.25) is 0 Å². The molecule has 0 bridgehead atoms. The van der Waals surface area contributed by atoms with Gasteiger partial charge in [0.25, 0.3) is 11.8 Å². The lowest BCUT2D eigenvalue weighted by Gasteiger charge is -2.16. The number of likely N-dealkylation sites (tertiary alicyclic amines) is 1. The van der Waals surface area contributed by atoms with Crippen molar-refractivity contribution in [3.05, 3.63) is 59.7 Å². The number of benzene rings is 2. The summed E-state index contributed by atoms with van der Waals surface area (Å²) in [7, 11) is 0. The highest BCUT2D eigenvalue weighted by Gasteiger charge is 2.25. The second kappa shape index (κ2) is 11.5. The Bertz CT molecular complexity index is 873. The van der Waals surface area contributed by atoms with Gasteiger partial charge in [-0.25, -0.2) is 0 Å². The molecule has 1 fully saturated rings. The van der Waals surface area contributed by atoms with Crippen LogP contribution < -0.4 is 20.5 Å². The van der Waals surface area contributed by atoms with Crippen LogP contribution in [0.4, 0.5) is 0 Å². The Hall–Kier alpha value is -3.06. The molecule has 0 spiro atoms. The van der Waals surface area contributed by atoms with Gasteiger partial charge in [0.05, 0.1) is 0 Å². The fourth-order valence-electron chi connectivity index (χ4n) is 3.76. The number of nitrogens with two attached hydrogens (primary N) is 1. The zero-order chi connectivity index (χ0) is 22.9. The molecular weight excluding hydrogens is 406 g/mol. The summed E-state index contributed by atoms with van der Waals surface area (Å²) in [5.41, 5.74) is 6.71. The molecule has 7 heteroatoms. The molecule has 172 valence electrons. The molecule has 7 nitrogen and oxygen atoms in total. The fourth-order valence-corrected chi connectivity index (χ4v) is 3.76. The highest BCUT2D eigenvalue weighted by atomic mass is 16.5. The first-order chi connectivity index (χ1) is 15.4. The third kappa shape index (κ3) is 7.27. The van der Waals surface area contributed by atoms with Crippen LogP contribution in [0.1, 0.15) is 29.8 Å². The molecule has 0 aliphatic carbocycles. The van der Waals surface area contributed by atoms with E-state index in [2.05, 4.69) is 24.1 Å². The Kier molecular flexibility index (Phi) is 8.50. The topological polar surface area (TPSA) is 93.9 Å². The van der Waals surface area contributed by atoms with E-state index in [1.165, 1.54) is 0 Å². The molecule has 32 heavy (non-hydrogen) atoms. The lowest BCUT2D eigenvalue weighted by Crippen LogP contribution is -2.26. The Morgan fingerprint density at radius 2 is 1.56 bits per heavy atom. The molecule has 1 heterocycles. The summed E-state index contributed by atoms with van der Waals surface area (Å²) in [5, 5.41) is 2.91. The van der Waals surface area contributed by atoms with Gasteiger partial charge in [-0.1, -0.05) is 26.0 Å². The van der Waals surface area contributed by atoms with Gasteiger partial charge in [0, 0.05) is 31.7 Å². The standard InChI is InChI=1S/C25H33N3O4/c1-18-15-28(16-19(18)2)13-14-31-22-7-3-20(4-8-22)11-12-27-25(30)21-5-9-23(10-6-21)32-17-24(26)29/h3-10,18-19H,11-17H2,1-2H3,(H2,26,29)(H,27,30)/t18-,19-/m0/s1. The van der Waals surface area contributed by atoms with Crippen LogP contribution in [0.15, 0.2) is 48.5 Å². The van der Waals surface area contributed by atoms with Crippen LogP contribution in [0, 0.1) is 11.8 Å². The molecule has 2 amide bonds. The number of carbonyl (C=O) groups is 2. The monoisotopic (exact) mass is 439 g/mol. The van der Waals surface area contributed by atoms with E-state index < -0.39 is 5.91 Å². The van der Waals surface area contributed by atoms with E-state index in [0.717, 1.165) is 49.2 Å². The Balaban J connectivity index is 1.35. The summed E-state index contributed by atoms with van der Waals surface area (Å²) in [6.07, 6.45) is 0.732. The first kappa shape index (κ1) is 23.6. The van der Waals surface area contributed by atoms with Crippen LogP contribution in [0.5, 0.6) is 11.5 Å². The molecule has 1 aliphatic heterocycles. The van der Waals surface area contributed by atoms with Crippen molar-refractivity contribution in [3.8, 4) is 11.5 Å².